The van der Waals surface area contributed by atoms with Crippen molar-refractivity contribution in [3.8, 4) is 17.2 Å². The molecule has 0 fully saturated rings. The molecule has 0 saturated carbocycles. The predicted octanol–water partition coefficient (Wildman–Crippen LogP) is 5.16. The number of fused-ring (bicyclic) bond motifs is 3. The fourth-order valence-corrected chi connectivity index (χ4v) is 4.77. The van der Waals surface area contributed by atoms with Crippen LogP contribution in [0.25, 0.3) is 5.70 Å². The molecule has 7 nitrogen and oxygen atoms in total. The zero-order chi connectivity index (χ0) is 23.2. The molecule has 2 aliphatic heterocycles. The van der Waals surface area contributed by atoms with Gasteiger partial charge in [0.1, 0.15) is 35.7 Å². The van der Waals surface area contributed by atoms with Gasteiger partial charge in [-0.2, -0.15) is 10.1 Å². The molecule has 3 aromatic carbocycles. The van der Waals surface area contributed by atoms with Gasteiger partial charge in [0.15, 0.2) is 0 Å². The maximum Gasteiger partial charge on any atom is 0.226 e. The molecule has 0 aliphatic carbocycles. The Kier molecular flexibility index (Phi) is 4.76. The molecule has 0 bridgehead atoms. The SMILES string of the molecule is COc1ccc(C2C3=C(Nc4ncnn42)c2cc(C)ccc2OC3c2cccc(OC)c2)cc1. The first-order chi connectivity index (χ1) is 16.7. The third kappa shape index (κ3) is 3.20. The van der Waals surface area contributed by atoms with Crippen molar-refractivity contribution in [2.24, 2.45) is 0 Å². The summed E-state index contributed by atoms with van der Waals surface area (Å²) in [4.78, 5) is 4.50. The average molecular weight is 453 g/mol. The summed E-state index contributed by atoms with van der Waals surface area (Å²) in [5, 5.41) is 8.13. The smallest absolute Gasteiger partial charge is 0.226 e. The summed E-state index contributed by atoms with van der Waals surface area (Å²) in [5.41, 5.74) is 6.30. The molecule has 2 aliphatic rings. The van der Waals surface area contributed by atoms with Crippen molar-refractivity contribution in [1.29, 1.82) is 0 Å². The summed E-state index contributed by atoms with van der Waals surface area (Å²) < 4.78 is 19.5. The number of anilines is 1. The standard InChI is InChI=1S/C27H24N4O3/c1-16-7-12-22-21(13-16)24-23(26(34-22)18-5-4-6-20(14-18)33-3)25(31-27(30-24)28-15-29-31)17-8-10-19(32-2)11-9-17/h4-15,25-26H,1-3H3,(H,28,29,30). The van der Waals surface area contributed by atoms with Crippen molar-refractivity contribution in [3.05, 3.63) is 101 Å². The second-order valence-electron chi connectivity index (χ2n) is 8.43. The number of rotatable bonds is 4. The van der Waals surface area contributed by atoms with Crippen LogP contribution < -0.4 is 19.5 Å². The summed E-state index contributed by atoms with van der Waals surface area (Å²) in [5.74, 6) is 3.10. The lowest BCUT2D eigenvalue weighted by Crippen LogP contribution is -2.32. The second-order valence-corrected chi connectivity index (χ2v) is 8.43. The van der Waals surface area contributed by atoms with Gasteiger partial charge in [-0.1, -0.05) is 35.9 Å². The zero-order valence-corrected chi connectivity index (χ0v) is 19.1. The normalized spacial score (nSPS) is 18.2. The van der Waals surface area contributed by atoms with Crippen LogP contribution in [-0.4, -0.2) is 29.0 Å². The van der Waals surface area contributed by atoms with Crippen molar-refractivity contribution in [2.45, 2.75) is 19.1 Å². The fraction of sp³-hybridized carbons (Fsp3) is 0.185. The van der Waals surface area contributed by atoms with Crippen LogP contribution in [-0.2, 0) is 0 Å². The highest BCUT2D eigenvalue weighted by molar-refractivity contribution is 5.85. The van der Waals surface area contributed by atoms with Gasteiger partial charge in [-0.15, -0.1) is 0 Å². The van der Waals surface area contributed by atoms with Gasteiger partial charge in [-0.05, 0) is 48.9 Å². The first kappa shape index (κ1) is 20.4. The van der Waals surface area contributed by atoms with Crippen LogP contribution >= 0.6 is 0 Å². The molecular weight excluding hydrogens is 428 g/mol. The molecule has 0 spiro atoms. The Morgan fingerprint density at radius 3 is 2.53 bits per heavy atom. The lowest BCUT2D eigenvalue weighted by Gasteiger charge is -2.39. The zero-order valence-electron chi connectivity index (χ0n) is 19.1. The van der Waals surface area contributed by atoms with Crippen LogP contribution in [0.3, 0.4) is 0 Å². The van der Waals surface area contributed by atoms with Crippen LogP contribution in [0.15, 0.2) is 78.6 Å². The van der Waals surface area contributed by atoms with E-state index >= 15 is 0 Å². The highest BCUT2D eigenvalue weighted by Crippen LogP contribution is 2.51. The quantitative estimate of drug-likeness (QED) is 0.461. The number of nitrogens with zero attached hydrogens (tertiary/aromatic N) is 3. The van der Waals surface area contributed by atoms with Crippen molar-refractivity contribution in [3.63, 3.8) is 0 Å². The van der Waals surface area contributed by atoms with Crippen molar-refractivity contribution < 1.29 is 14.2 Å². The number of ether oxygens (including phenoxy) is 3. The van der Waals surface area contributed by atoms with E-state index < -0.39 is 0 Å². The van der Waals surface area contributed by atoms with Gasteiger partial charge in [0, 0.05) is 16.7 Å². The number of aryl methyl sites for hydroxylation is 1. The van der Waals surface area contributed by atoms with Crippen molar-refractivity contribution >= 4 is 11.6 Å². The summed E-state index contributed by atoms with van der Waals surface area (Å²) in [6, 6.07) is 22.1. The van der Waals surface area contributed by atoms with Crippen molar-refractivity contribution in [2.75, 3.05) is 19.5 Å². The van der Waals surface area contributed by atoms with Crippen LogP contribution in [0.2, 0.25) is 0 Å². The van der Waals surface area contributed by atoms with Crippen molar-refractivity contribution in [1.82, 2.24) is 14.8 Å². The predicted molar refractivity (Wildman–Crippen MR) is 129 cm³/mol. The summed E-state index contributed by atoms with van der Waals surface area (Å²) in [7, 11) is 3.34. The minimum Gasteiger partial charge on any atom is -0.497 e. The molecule has 2 unspecified atom stereocenters. The third-order valence-corrected chi connectivity index (χ3v) is 6.40. The average Bonchev–Trinajstić information content (AvgIpc) is 3.35. The molecule has 7 heteroatoms. The molecule has 34 heavy (non-hydrogen) atoms. The van der Waals surface area contributed by atoms with E-state index in [-0.39, 0.29) is 12.1 Å². The summed E-state index contributed by atoms with van der Waals surface area (Å²) in [6.07, 6.45) is 1.23. The van der Waals surface area contributed by atoms with E-state index in [1.165, 1.54) is 0 Å². The van der Waals surface area contributed by atoms with Gasteiger partial charge >= 0.3 is 0 Å². The highest BCUT2D eigenvalue weighted by Gasteiger charge is 2.41. The minimum absolute atomic E-state index is 0.218. The van der Waals surface area contributed by atoms with E-state index in [1.807, 2.05) is 41.1 Å². The number of hydrogen-bond donors (Lipinski definition) is 1. The number of methoxy groups -OCH3 is 2. The van der Waals surface area contributed by atoms with Gasteiger partial charge in [-0.3, -0.25) is 0 Å². The molecule has 1 aromatic heterocycles. The minimum atomic E-state index is -0.350. The van der Waals surface area contributed by atoms with Gasteiger partial charge in [0.05, 0.1) is 19.9 Å². The molecule has 0 amide bonds. The Hall–Kier alpha value is -4.26. The topological polar surface area (TPSA) is 70.4 Å². The lowest BCUT2D eigenvalue weighted by atomic mass is 9.84. The molecule has 6 rings (SSSR count). The summed E-state index contributed by atoms with van der Waals surface area (Å²) >= 11 is 0. The van der Waals surface area contributed by atoms with Gasteiger partial charge in [0.25, 0.3) is 0 Å². The number of benzene rings is 3. The van der Waals surface area contributed by atoms with Crippen LogP contribution in [0, 0.1) is 6.92 Å². The molecule has 0 saturated heterocycles. The monoisotopic (exact) mass is 452 g/mol. The maximum absolute atomic E-state index is 6.69. The first-order valence-electron chi connectivity index (χ1n) is 11.1. The molecule has 3 heterocycles. The highest BCUT2D eigenvalue weighted by atomic mass is 16.5. The van der Waals surface area contributed by atoms with E-state index in [4.69, 9.17) is 14.2 Å². The molecule has 0 radical (unpaired) electrons. The Balaban J connectivity index is 1.61. The number of aromatic nitrogens is 3. The van der Waals surface area contributed by atoms with E-state index in [2.05, 4.69) is 52.7 Å². The van der Waals surface area contributed by atoms with Crippen LogP contribution in [0.1, 0.15) is 34.4 Å². The van der Waals surface area contributed by atoms with E-state index in [0.717, 1.165) is 50.8 Å². The number of hydrogen-bond acceptors (Lipinski definition) is 6. The van der Waals surface area contributed by atoms with Gasteiger partial charge in [-0.25, -0.2) is 4.68 Å². The van der Waals surface area contributed by atoms with E-state index in [1.54, 1.807) is 20.5 Å². The molecular formula is C27H24N4O3. The van der Waals surface area contributed by atoms with Crippen LogP contribution in [0.4, 0.5) is 5.95 Å². The maximum atomic E-state index is 6.69. The number of nitrogens with one attached hydrogen (secondary N) is 1. The van der Waals surface area contributed by atoms with Crippen LogP contribution in [0.5, 0.6) is 17.2 Å². The van der Waals surface area contributed by atoms with Gasteiger partial charge < -0.3 is 19.5 Å². The summed E-state index contributed by atoms with van der Waals surface area (Å²) in [6.45, 7) is 2.08. The molecule has 1 N–H and O–H groups in total. The fourth-order valence-electron chi connectivity index (χ4n) is 4.77. The van der Waals surface area contributed by atoms with E-state index in [0.29, 0.717) is 5.95 Å². The Labute approximate surface area is 197 Å². The second kappa shape index (κ2) is 7.95. The van der Waals surface area contributed by atoms with E-state index in [9.17, 15) is 0 Å². The Bertz CT molecular complexity index is 1410. The van der Waals surface area contributed by atoms with Gasteiger partial charge in [0.2, 0.25) is 5.95 Å². The molecule has 2 atom stereocenters. The molecule has 4 aromatic rings. The Morgan fingerprint density at radius 1 is 0.912 bits per heavy atom. The lowest BCUT2D eigenvalue weighted by molar-refractivity contribution is 0.222. The molecule has 170 valence electrons. The Morgan fingerprint density at radius 2 is 1.74 bits per heavy atom. The third-order valence-electron chi connectivity index (χ3n) is 6.40. The first-order valence-corrected chi connectivity index (χ1v) is 11.1. The largest absolute Gasteiger partial charge is 0.497 e.